The molecule has 0 radical (unpaired) electrons. The summed E-state index contributed by atoms with van der Waals surface area (Å²) in [5.41, 5.74) is 5.62. The van der Waals surface area contributed by atoms with Gasteiger partial charge in [0.1, 0.15) is 0 Å². The van der Waals surface area contributed by atoms with E-state index in [0.29, 0.717) is 6.04 Å². The van der Waals surface area contributed by atoms with Gasteiger partial charge in [0.2, 0.25) is 0 Å². The first kappa shape index (κ1) is 10.5. The van der Waals surface area contributed by atoms with Gasteiger partial charge in [0, 0.05) is 24.5 Å². The zero-order valence-electron chi connectivity index (χ0n) is 7.65. The number of hydrogen-bond donors (Lipinski definition) is 2. The molecule has 0 aliphatic heterocycles. The molecule has 0 saturated heterocycles. The van der Waals surface area contributed by atoms with Gasteiger partial charge in [0.05, 0.1) is 0 Å². The molecule has 0 aromatic heterocycles. The molecule has 0 aliphatic carbocycles. The normalized spacial score (nSPS) is 14.1. The molecule has 0 aromatic carbocycles. The van der Waals surface area contributed by atoms with Crippen LogP contribution >= 0.6 is 0 Å². The van der Waals surface area contributed by atoms with Crippen LogP contribution in [0.5, 0.6) is 0 Å². The molecule has 3 N–H and O–H groups in total. The van der Waals surface area contributed by atoms with Crippen LogP contribution in [-0.4, -0.2) is 18.1 Å². The van der Waals surface area contributed by atoms with Crippen molar-refractivity contribution >= 4 is 0 Å². The summed E-state index contributed by atoms with van der Waals surface area (Å²) in [4.78, 5) is 0. The van der Waals surface area contributed by atoms with Gasteiger partial charge in [-0.2, -0.15) is 0 Å². The van der Waals surface area contributed by atoms with E-state index in [-0.39, 0.29) is 5.54 Å². The van der Waals surface area contributed by atoms with Gasteiger partial charge in [0.25, 0.3) is 0 Å². The molecule has 0 bridgehead atoms. The van der Waals surface area contributed by atoms with Crippen LogP contribution < -0.4 is 11.1 Å². The van der Waals surface area contributed by atoms with Crippen LogP contribution in [0.4, 0.5) is 0 Å². The zero-order valence-corrected chi connectivity index (χ0v) is 7.65. The van der Waals surface area contributed by atoms with Crippen molar-refractivity contribution in [2.75, 3.05) is 6.54 Å². The van der Waals surface area contributed by atoms with Crippen LogP contribution in [0.2, 0.25) is 0 Å². The Morgan fingerprint density at radius 3 is 2.55 bits per heavy atom. The Balaban J connectivity index is 3.48. The summed E-state index contributed by atoms with van der Waals surface area (Å²) >= 11 is 0. The van der Waals surface area contributed by atoms with E-state index in [1.165, 1.54) is 0 Å². The standard InChI is InChI=1S/C9H18N2/c1-5-6-8(2)11-7-9(3,4)10/h1,8,11H,6-7,10H2,2-4H3. The third kappa shape index (κ3) is 7.38. The second-order valence-electron chi connectivity index (χ2n) is 3.68. The number of nitrogens with one attached hydrogen (secondary N) is 1. The summed E-state index contributed by atoms with van der Waals surface area (Å²) < 4.78 is 0. The fraction of sp³-hybridized carbons (Fsp3) is 0.778. The highest BCUT2D eigenvalue weighted by Crippen LogP contribution is 1.95. The molecule has 0 heterocycles. The van der Waals surface area contributed by atoms with Crippen molar-refractivity contribution in [2.45, 2.75) is 38.8 Å². The topological polar surface area (TPSA) is 38.0 Å². The van der Waals surface area contributed by atoms with Gasteiger partial charge < -0.3 is 11.1 Å². The summed E-state index contributed by atoms with van der Waals surface area (Å²) in [6.07, 6.45) is 5.91. The Kier molecular flexibility index (Phi) is 4.17. The van der Waals surface area contributed by atoms with Crippen LogP contribution in [0.25, 0.3) is 0 Å². The summed E-state index contributed by atoms with van der Waals surface area (Å²) in [5.74, 6) is 2.60. The summed E-state index contributed by atoms with van der Waals surface area (Å²) in [6, 6.07) is 0.364. The molecule has 0 amide bonds. The van der Waals surface area contributed by atoms with Gasteiger partial charge in [-0.25, -0.2) is 0 Å². The fourth-order valence-electron chi connectivity index (χ4n) is 0.686. The maximum absolute atomic E-state index is 5.77. The van der Waals surface area contributed by atoms with Gasteiger partial charge >= 0.3 is 0 Å². The molecule has 64 valence electrons. The first-order valence-electron chi connectivity index (χ1n) is 3.91. The predicted molar refractivity (Wildman–Crippen MR) is 49.2 cm³/mol. The van der Waals surface area contributed by atoms with E-state index in [0.717, 1.165) is 13.0 Å². The number of nitrogens with two attached hydrogens (primary N) is 1. The quantitative estimate of drug-likeness (QED) is 0.586. The SMILES string of the molecule is C#CCC(C)NCC(C)(C)N. The third-order valence-electron chi connectivity index (χ3n) is 1.33. The van der Waals surface area contributed by atoms with Crippen molar-refractivity contribution in [1.82, 2.24) is 5.32 Å². The molecular weight excluding hydrogens is 136 g/mol. The van der Waals surface area contributed by atoms with E-state index in [1.54, 1.807) is 0 Å². The molecule has 0 fully saturated rings. The smallest absolute Gasteiger partial charge is 0.0238 e. The largest absolute Gasteiger partial charge is 0.324 e. The van der Waals surface area contributed by atoms with E-state index in [4.69, 9.17) is 12.2 Å². The van der Waals surface area contributed by atoms with Crippen molar-refractivity contribution in [3.8, 4) is 12.3 Å². The molecule has 2 heteroatoms. The monoisotopic (exact) mass is 154 g/mol. The minimum absolute atomic E-state index is 0.150. The lowest BCUT2D eigenvalue weighted by molar-refractivity contribution is 0.431. The van der Waals surface area contributed by atoms with Crippen molar-refractivity contribution in [1.29, 1.82) is 0 Å². The average molecular weight is 154 g/mol. The Labute approximate surface area is 69.5 Å². The molecule has 0 saturated carbocycles. The summed E-state index contributed by atoms with van der Waals surface area (Å²) in [5, 5.41) is 3.26. The predicted octanol–water partition coefficient (Wildman–Crippen LogP) is 0.725. The summed E-state index contributed by atoms with van der Waals surface area (Å²) in [7, 11) is 0. The molecule has 0 aliphatic rings. The molecule has 0 aromatic rings. The molecule has 1 atom stereocenters. The lowest BCUT2D eigenvalue weighted by atomic mass is 10.1. The zero-order chi connectivity index (χ0) is 8.91. The van der Waals surface area contributed by atoms with E-state index in [9.17, 15) is 0 Å². The van der Waals surface area contributed by atoms with Crippen LogP contribution in [0.3, 0.4) is 0 Å². The molecule has 11 heavy (non-hydrogen) atoms. The van der Waals surface area contributed by atoms with Crippen molar-refractivity contribution in [3.05, 3.63) is 0 Å². The van der Waals surface area contributed by atoms with E-state index >= 15 is 0 Å². The maximum Gasteiger partial charge on any atom is 0.0238 e. The number of rotatable bonds is 4. The summed E-state index contributed by atoms with van der Waals surface area (Å²) in [6.45, 7) is 6.84. The molecule has 1 unspecified atom stereocenters. The highest BCUT2D eigenvalue weighted by molar-refractivity contribution is 4.89. The van der Waals surface area contributed by atoms with Crippen LogP contribution in [0, 0.1) is 12.3 Å². The first-order chi connectivity index (χ1) is 4.95. The Bertz CT molecular complexity index is 139. The lowest BCUT2D eigenvalue weighted by Gasteiger charge is -2.21. The van der Waals surface area contributed by atoms with Crippen LogP contribution in [0.1, 0.15) is 27.2 Å². The molecule has 0 spiro atoms. The number of hydrogen-bond acceptors (Lipinski definition) is 2. The maximum atomic E-state index is 5.77. The lowest BCUT2D eigenvalue weighted by Crippen LogP contribution is -2.45. The average Bonchev–Trinajstić information content (AvgIpc) is 1.83. The molecular formula is C9H18N2. The highest BCUT2D eigenvalue weighted by Gasteiger charge is 2.10. The van der Waals surface area contributed by atoms with Gasteiger partial charge in [-0.1, -0.05) is 0 Å². The van der Waals surface area contributed by atoms with Crippen LogP contribution in [-0.2, 0) is 0 Å². The van der Waals surface area contributed by atoms with Gasteiger partial charge in [-0.05, 0) is 20.8 Å². The minimum atomic E-state index is -0.150. The minimum Gasteiger partial charge on any atom is -0.324 e. The van der Waals surface area contributed by atoms with Crippen molar-refractivity contribution < 1.29 is 0 Å². The van der Waals surface area contributed by atoms with E-state index in [1.807, 2.05) is 13.8 Å². The fourth-order valence-corrected chi connectivity index (χ4v) is 0.686. The van der Waals surface area contributed by atoms with Gasteiger partial charge in [-0.15, -0.1) is 12.3 Å². The second kappa shape index (κ2) is 4.38. The first-order valence-corrected chi connectivity index (χ1v) is 3.91. The Morgan fingerprint density at radius 2 is 2.18 bits per heavy atom. The Morgan fingerprint density at radius 1 is 1.64 bits per heavy atom. The Hall–Kier alpha value is -0.520. The van der Waals surface area contributed by atoms with Crippen molar-refractivity contribution in [3.63, 3.8) is 0 Å². The van der Waals surface area contributed by atoms with E-state index < -0.39 is 0 Å². The van der Waals surface area contributed by atoms with Gasteiger partial charge in [-0.3, -0.25) is 0 Å². The van der Waals surface area contributed by atoms with E-state index in [2.05, 4.69) is 18.2 Å². The van der Waals surface area contributed by atoms with Crippen LogP contribution in [0.15, 0.2) is 0 Å². The second-order valence-corrected chi connectivity index (χ2v) is 3.68. The third-order valence-corrected chi connectivity index (χ3v) is 1.33. The highest BCUT2D eigenvalue weighted by atomic mass is 14.9. The van der Waals surface area contributed by atoms with Crippen molar-refractivity contribution in [2.24, 2.45) is 5.73 Å². The molecule has 2 nitrogen and oxygen atoms in total. The molecule has 0 rings (SSSR count). The number of terminal acetylenes is 1. The van der Waals surface area contributed by atoms with Gasteiger partial charge in [0.15, 0.2) is 0 Å².